The molecule has 3 aromatic rings. The summed E-state index contributed by atoms with van der Waals surface area (Å²) in [6.45, 7) is 5.19. The summed E-state index contributed by atoms with van der Waals surface area (Å²) in [5.41, 5.74) is 3.94. The van der Waals surface area contributed by atoms with Crippen molar-refractivity contribution in [3.63, 3.8) is 0 Å². The number of hydrogen-bond acceptors (Lipinski definition) is 4. The minimum Gasteiger partial charge on any atom is -0.488 e. The van der Waals surface area contributed by atoms with E-state index in [1.54, 1.807) is 17.0 Å². The average Bonchev–Trinajstić information content (AvgIpc) is 3.10. The van der Waals surface area contributed by atoms with E-state index in [1.807, 2.05) is 49.4 Å². The molecule has 0 spiro atoms. The zero-order valence-electron chi connectivity index (χ0n) is 18.6. The summed E-state index contributed by atoms with van der Waals surface area (Å²) in [7, 11) is 0. The zero-order valence-corrected chi connectivity index (χ0v) is 20.2. The van der Waals surface area contributed by atoms with Crippen molar-refractivity contribution >= 4 is 46.2 Å². The maximum atomic E-state index is 13.2. The smallest absolute Gasteiger partial charge is 0.266 e. The van der Waals surface area contributed by atoms with Gasteiger partial charge in [0.05, 0.1) is 10.6 Å². The highest BCUT2D eigenvalue weighted by molar-refractivity contribution is 8.18. The van der Waals surface area contributed by atoms with Crippen LogP contribution in [0.1, 0.15) is 30.0 Å². The standard InChI is InChI=1S/C27H25ClN2O2S/c1-3-16-30-26(31)25(33-27(30)29-23-14-12-22(28)13-15-23)17-21-6-4-5-7-24(21)32-18-20-10-8-19(2)9-11-20/h4-15,17H,3,16,18H2,1-2H3/b25-17-,29-27?. The van der Waals surface area contributed by atoms with Gasteiger partial charge in [-0.25, -0.2) is 4.99 Å². The first kappa shape index (κ1) is 23.1. The van der Waals surface area contributed by atoms with E-state index in [9.17, 15) is 4.79 Å². The van der Waals surface area contributed by atoms with Crippen LogP contribution in [0.4, 0.5) is 5.69 Å². The number of aryl methyl sites for hydroxylation is 1. The highest BCUT2D eigenvalue weighted by atomic mass is 35.5. The van der Waals surface area contributed by atoms with E-state index in [0.717, 1.165) is 29.0 Å². The Bertz CT molecular complexity index is 1190. The fourth-order valence-electron chi connectivity index (χ4n) is 3.36. The van der Waals surface area contributed by atoms with Crippen LogP contribution < -0.4 is 4.74 Å². The molecular weight excluding hydrogens is 452 g/mol. The number of amides is 1. The lowest BCUT2D eigenvalue weighted by molar-refractivity contribution is -0.122. The van der Waals surface area contributed by atoms with Gasteiger partial charge in [-0.2, -0.15) is 0 Å². The van der Waals surface area contributed by atoms with E-state index in [-0.39, 0.29) is 5.91 Å². The summed E-state index contributed by atoms with van der Waals surface area (Å²) >= 11 is 7.38. The molecule has 0 aliphatic carbocycles. The first-order chi connectivity index (χ1) is 16.0. The summed E-state index contributed by atoms with van der Waals surface area (Å²) in [5.74, 6) is 0.701. The van der Waals surface area contributed by atoms with Crippen molar-refractivity contribution < 1.29 is 9.53 Å². The predicted octanol–water partition coefficient (Wildman–Crippen LogP) is 7.24. The normalized spacial score (nSPS) is 16.1. The second-order valence-corrected chi connectivity index (χ2v) is 9.20. The van der Waals surface area contributed by atoms with Gasteiger partial charge in [0.25, 0.3) is 5.91 Å². The molecule has 0 saturated carbocycles. The van der Waals surface area contributed by atoms with Crippen molar-refractivity contribution in [2.45, 2.75) is 26.9 Å². The molecule has 4 nitrogen and oxygen atoms in total. The Hall–Kier alpha value is -3.02. The number of thioether (sulfide) groups is 1. The fraction of sp³-hybridized carbons (Fsp3) is 0.185. The number of halogens is 1. The van der Waals surface area contributed by atoms with Gasteiger partial charge in [-0.15, -0.1) is 0 Å². The molecule has 6 heteroatoms. The van der Waals surface area contributed by atoms with Gasteiger partial charge in [-0.1, -0.05) is 66.6 Å². The lowest BCUT2D eigenvalue weighted by Gasteiger charge is -2.14. The molecule has 33 heavy (non-hydrogen) atoms. The molecule has 0 radical (unpaired) electrons. The monoisotopic (exact) mass is 476 g/mol. The quantitative estimate of drug-likeness (QED) is 0.337. The van der Waals surface area contributed by atoms with Crippen LogP contribution in [0.15, 0.2) is 82.7 Å². The summed E-state index contributed by atoms with van der Waals surface area (Å²) in [6, 6.07) is 23.3. The van der Waals surface area contributed by atoms with Gasteiger partial charge in [0, 0.05) is 17.1 Å². The maximum Gasteiger partial charge on any atom is 0.266 e. The third-order valence-corrected chi connectivity index (χ3v) is 6.37. The molecule has 1 fully saturated rings. The van der Waals surface area contributed by atoms with Crippen LogP contribution >= 0.6 is 23.4 Å². The van der Waals surface area contributed by atoms with E-state index in [4.69, 9.17) is 21.3 Å². The first-order valence-corrected chi connectivity index (χ1v) is 12.1. The molecule has 0 bridgehead atoms. The summed E-state index contributed by atoms with van der Waals surface area (Å²) in [5, 5.41) is 1.33. The Labute approximate surface area is 203 Å². The number of benzene rings is 3. The lowest BCUT2D eigenvalue weighted by Crippen LogP contribution is -2.29. The van der Waals surface area contributed by atoms with Crippen LogP contribution in [-0.2, 0) is 11.4 Å². The molecule has 0 atom stereocenters. The number of rotatable bonds is 7. The van der Waals surface area contributed by atoms with Crippen molar-refractivity contribution in [2.75, 3.05) is 6.54 Å². The molecule has 0 aromatic heterocycles. The van der Waals surface area contributed by atoms with E-state index < -0.39 is 0 Å². The molecule has 1 heterocycles. The molecule has 3 aromatic carbocycles. The minimum absolute atomic E-state index is 0.0390. The van der Waals surface area contributed by atoms with Crippen molar-refractivity contribution in [2.24, 2.45) is 4.99 Å². The topological polar surface area (TPSA) is 41.9 Å². The number of aliphatic imine (C=N–C) groups is 1. The first-order valence-electron chi connectivity index (χ1n) is 10.9. The molecule has 4 rings (SSSR count). The van der Waals surface area contributed by atoms with E-state index in [2.05, 4.69) is 31.2 Å². The van der Waals surface area contributed by atoms with Gasteiger partial charge in [-0.3, -0.25) is 9.69 Å². The van der Waals surface area contributed by atoms with Crippen molar-refractivity contribution in [3.8, 4) is 5.75 Å². The number of nitrogens with zero attached hydrogens (tertiary/aromatic N) is 2. The maximum absolute atomic E-state index is 13.2. The molecular formula is C27H25ClN2O2S. The molecule has 1 amide bonds. The summed E-state index contributed by atoms with van der Waals surface area (Å²) in [4.78, 5) is 20.2. The third-order valence-electron chi connectivity index (χ3n) is 5.11. The average molecular weight is 477 g/mol. The number of para-hydroxylation sites is 1. The molecule has 1 aliphatic rings. The second-order valence-electron chi connectivity index (χ2n) is 7.75. The fourth-order valence-corrected chi connectivity index (χ4v) is 4.50. The Morgan fingerprint density at radius 2 is 1.76 bits per heavy atom. The number of carbonyl (C=O) groups excluding carboxylic acids is 1. The minimum atomic E-state index is -0.0390. The van der Waals surface area contributed by atoms with Gasteiger partial charge in [-0.05, 0) is 67.1 Å². The van der Waals surface area contributed by atoms with E-state index >= 15 is 0 Å². The number of hydrogen-bond donors (Lipinski definition) is 0. The molecule has 0 N–H and O–H groups in total. The van der Waals surface area contributed by atoms with Gasteiger partial charge >= 0.3 is 0 Å². The Kier molecular flexibility index (Phi) is 7.53. The van der Waals surface area contributed by atoms with Crippen LogP contribution in [0.25, 0.3) is 6.08 Å². The Morgan fingerprint density at radius 3 is 2.48 bits per heavy atom. The van der Waals surface area contributed by atoms with Gasteiger partial charge in [0.15, 0.2) is 5.17 Å². The van der Waals surface area contributed by atoms with Crippen molar-refractivity contribution in [3.05, 3.63) is 99.4 Å². The lowest BCUT2D eigenvalue weighted by atomic mass is 10.1. The highest BCUT2D eigenvalue weighted by Crippen LogP contribution is 2.36. The third kappa shape index (κ3) is 5.86. The van der Waals surface area contributed by atoms with E-state index in [1.165, 1.54) is 17.3 Å². The SMILES string of the molecule is CCCN1C(=O)/C(=C/c2ccccc2OCc2ccc(C)cc2)SC1=Nc1ccc(Cl)cc1. The molecule has 1 saturated heterocycles. The Morgan fingerprint density at radius 1 is 1.03 bits per heavy atom. The molecule has 0 unspecified atom stereocenters. The number of ether oxygens (including phenoxy) is 1. The van der Waals surface area contributed by atoms with Gasteiger partial charge < -0.3 is 4.74 Å². The number of carbonyl (C=O) groups is 1. The van der Waals surface area contributed by atoms with Gasteiger partial charge in [0.1, 0.15) is 12.4 Å². The van der Waals surface area contributed by atoms with Crippen LogP contribution in [0.3, 0.4) is 0 Å². The van der Waals surface area contributed by atoms with Crippen molar-refractivity contribution in [1.29, 1.82) is 0 Å². The van der Waals surface area contributed by atoms with Crippen molar-refractivity contribution in [1.82, 2.24) is 4.90 Å². The highest BCUT2D eigenvalue weighted by Gasteiger charge is 2.33. The number of amidine groups is 1. The second kappa shape index (κ2) is 10.7. The summed E-state index contributed by atoms with van der Waals surface area (Å²) < 4.78 is 6.10. The molecule has 168 valence electrons. The predicted molar refractivity (Wildman–Crippen MR) is 138 cm³/mol. The summed E-state index contributed by atoms with van der Waals surface area (Å²) in [6.07, 6.45) is 2.74. The van der Waals surface area contributed by atoms with Crippen LogP contribution in [0.5, 0.6) is 5.75 Å². The molecule has 1 aliphatic heterocycles. The van der Waals surface area contributed by atoms with Gasteiger partial charge in [0.2, 0.25) is 0 Å². The van der Waals surface area contributed by atoms with Crippen LogP contribution in [0, 0.1) is 6.92 Å². The van der Waals surface area contributed by atoms with E-state index in [0.29, 0.717) is 28.2 Å². The van der Waals surface area contributed by atoms with Crippen LogP contribution in [0.2, 0.25) is 5.02 Å². The zero-order chi connectivity index (χ0) is 23.2. The largest absolute Gasteiger partial charge is 0.488 e. The Balaban J connectivity index is 1.58. The van der Waals surface area contributed by atoms with Crippen LogP contribution in [-0.4, -0.2) is 22.5 Å².